The number of ether oxygens (including phenoxy) is 1. The third-order valence-corrected chi connectivity index (χ3v) is 8.83. The molecule has 1 N–H and O–H groups in total. The molecule has 8 nitrogen and oxygen atoms in total. The van der Waals surface area contributed by atoms with Crippen molar-refractivity contribution in [3.05, 3.63) is 108 Å². The van der Waals surface area contributed by atoms with Crippen LogP contribution in [0.2, 0.25) is 0 Å². The van der Waals surface area contributed by atoms with Crippen LogP contribution < -0.4 is 10.1 Å². The number of nitrogens with one attached hydrogen (secondary N) is 1. The molecule has 0 unspecified atom stereocenters. The molecule has 0 aliphatic rings. The molecule has 5 rings (SSSR count). The van der Waals surface area contributed by atoms with Crippen molar-refractivity contribution in [3.8, 4) is 28.0 Å². The highest BCUT2D eigenvalue weighted by Gasteiger charge is 2.25. The number of benzene rings is 3. The van der Waals surface area contributed by atoms with Gasteiger partial charge >= 0.3 is 0 Å². The summed E-state index contributed by atoms with van der Waals surface area (Å²) >= 11 is 0. The minimum absolute atomic E-state index is 0.114. The Hall–Kier alpha value is -4.80. The van der Waals surface area contributed by atoms with Gasteiger partial charge in [0.2, 0.25) is 5.91 Å². The van der Waals surface area contributed by atoms with Gasteiger partial charge < -0.3 is 15.0 Å². The molecular weight excluding hydrogens is 579 g/mol. The zero-order valence-electron chi connectivity index (χ0n) is 25.1. The summed E-state index contributed by atoms with van der Waals surface area (Å²) in [5, 5.41) is 3.40. The number of fused-ring (bicyclic) bond motifs is 1. The molecule has 0 saturated carbocycles. The lowest BCUT2D eigenvalue weighted by Crippen LogP contribution is -2.12. The first-order valence-electron chi connectivity index (χ1n) is 13.9. The normalized spacial score (nSPS) is 11.9. The summed E-state index contributed by atoms with van der Waals surface area (Å²) in [6, 6.07) is 18.7. The Balaban J connectivity index is 1.65. The number of pyridine rings is 1. The molecule has 2 heterocycles. The molecule has 0 fully saturated rings. The molecule has 10 heteroatoms. The van der Waals surface area contributed by atoms with Gasteiger partial charge in [0.25, 0.3) is 10.0 Å². The van der Waals surface area contributed by atoms with Crippen LogP contribution in [0.4, 0.5) is 10.1 Å². The molecule has 0 saturated heterocycles. The lowest BCUT2D eigenvalue weighted by Gasteiger charge is -2.10. The van der Waals surface area contributed by atoms with Gasteiger partial charge in [-0.15, -0.1) is 0 Å². The number of likely N-dealkylation sites (N-methyl/N-ethyl adjacent to an activating group) is 1. The van der Waals surface area contributed by atoms with Crippen LogP contribution in [0.15, 0.2) is 96.2 Å². The summed E-state index contributed by atoms with van der Waals surface area (Å²) in [4.78, 5) is 19.1. The molecule has 44 heavy (non-hydrogen) atoms. The second-order valence-corrected chi connectivity index (χ2v) is 12.6. The molecule has 0 radical (unpaired) electrons. The maximum Gasteiger partial charge on any atom is 0.269 e. The number of carbonyl (C=O) groups is 1. The van der Waals surface area contributed by atoms with Crippen LogP contribution in [-0.2, 0) is 14.8 Å². The summed E-state index contributed by atoms with van der Waals surface area (Å²) in [5.74, 6) is -0.426. The van der Waals surface area contributed by atoms with Crippen LogP contribution in [0.1, 0.15) is 11.1 Å². The number of aryl methyl sites for hydroxylation is 2. The van der Waals surface area contributed by atoms with Crippen LogP contribution >= 0.6 is 0 Å². The molecule has 1 amide bonds. The highest BCUT2D eigenvalue weighted by atomic mass is 32.2. The Morgan fingerprint density at radius 2 is 1.77 bits per heavy atom. The number of hydrogen-bond donors (Lipinski definition) is 1. The zero-order valence-corrected chi connectivity index (χ0v) is 25.9. The van der Waals surface area contributed by atoms with Gasteiger partial charge in [-0.25, -0.2) is 21.8 Å². The molecule has 0 aliphatic heterocycles. The van der Waals surface area contributed by atoms with Gasteiger partial charge in [0.15, 0.2) is 5.65 Å². The molecule has 0 spiro atoms. The number of methoxy groups -OCH3 is 1. The monoisotopic (exact) mass is 612 g/mol. The van der Waals surface area contributed by atoms with Crippen molar-refractivity contribution < 1.29 is 22.3 Å². The molecule has 226 valence electrons. The Kier molecular flexibility index (Phi) is 8.66. The fourth-order valence-corrected chi connectivity index (χ4v) is 6.16. The number of halogens is 1. The Morgan fingerprint density at radius 3 is 2.48 bits per heavy atom. The van der Waals surface area contributed by atoms with Crippen molar-refractivity contribution in [2.45, 2.75) is 18.7 Å². The Bertz CT molecular complexity index is 2000. The van der Waals surface area contributed by atoms with Gasteiger partial charge in [-0.2, -0.15) is 0 Å². The number of carbonyl (C=O) groups excluding carboxylic acids is 1. The molecule has 5 aromatic rings. The van der Waals surface area contributed by atoms with Crippen LogP contribution in [0.5, 0.6) is 5.75 Å². The maximum absolute atomic E-state index is 14.5. The van der Waals surface area contributed by atoms with Crippen molar-refractivity contribution in [1.29, 1.82) is 0 Å². The summed E-state index contributed by atoms with van der Waals surface area (Å²) in [6.45, 7) is 4.16. The summed E-state index contributed by atoms with van der Waals surface area (Å²) in [5.41, 5.74) is 4.62. The fourth-order valence-electron chi connectivity index (χ4n) is 4.83. The molecule has 0 aliphatic carbocycles. The van der Waals surface area contributed by atoms with E-state index in [1.165, 1.54) is 25.4 Å². The quantitative estimate of drug-likeness (QED) is 0.193. The number of amides is 1. The number of rotatable bonds is 9. The average molecular weight is 613 g/mol. The van der Waals surface area contributed by atoms with E-state index < -0.39 is 15.8 Å². The topological polar surface area (TPSA) is 93.5 Å². The van der Waals surface area contributed by atoms with Crippen LogP contribution in [0, 0.1) is 19.7 Å². The highest BCUT2D eigenvalue weighted by Crippen LogP contribution is 2.40. The van der Waals surface area contributed by atoms with Crippen LogP contribution in [-0.4, -0.2) is 55.9 Å². The first-order chi connectivity index (χ1) is 21.0. The van der Waals surface area contributed by atoms with E-state index in [0.717, 1.165) is 15.1 Å². The predicted octanol–water partition coefficient (Wildman–Crippen LogP) is 6.43. The van der Waals surface area contributed by atoms with Gasteiger partial charge in [0.05, 0.1) is 12.0 Å². The second-order valence-electron chi connectivity index (χ2n) is 10.8. The Labute approximate surface area is 256 Å². The van der Waals surface area contributed by atoms with E-state index in [9.17, 15) is 17.6 Å². The zero-order chi connectivity index (χ0) is 31.6. The lowest BCUT2D eigenvalue weighted by atomic mass is 10.00. The standard InChI is InChI=1S/C34H33FN4O4S/c1-22-11-13-27(14-12-22)44(41,42)39-21-30(28-16-23(2)31(35)19-32(28)43-5)29-18-25(20-36-34(29)39)24-8-6-9-26(17-24)37-33(40)10-7-15-38(3)4/h6-14,16-21H,15H2,1-5H3,(H,37,40). The predicted molar refractivity (Wildman–Crippen MR) is 172 cm³/mol. The van der Waals surface area contributed by atoms with E-state index >= 15 is 0 Å². The maximum atomic E-state index is 14.5. The molecule has 0 atom stereocenters. The fraction of sp³-hybridized carbons (Fsp3) is 0.176. The van der Waals surface area contributed by atoms with Crippen molar-refractivity contribution in [2.24, 2.45) is 0 Å². The van der Waals surface area contributed by atoms with Crippen molar-refractivity contribution in [1.82, 2.24) is 13.9 Å². The van der Waals surface area contributed by atoms with E-state index in [1.54, 1.807) is 55.6 Å². The molecule has 0 bridgehead atoms. The molecule has 2 aromatic heterocycles. The number of hydrogen-bond acceptors (Lipinski definition) is 6. The average Bonchev–Trinajstić information content (AvgIpc) is 3.38. The van der Waals surface area contributed by atoms with Gasteiger partial charge in [-0.3, -0.25) is 4.79 Å². The SMILES string of the molecule is COc1cc(F)c(C)cc1-c1cn(S(=O)(=O)c2ccc(C)cc2)c2ncc(-c3cccc(NC(=O)C=CCN(C)C)c3)cc12. The second kappa shape index (κ2) is 12.4. The third-order valence-electron chi connectivity index (χ3n) is 7.16. The molecule has 3 aromatic carbocycles. The number of anilines is 1. The largest absolute Gasteiger partial charge is 0.496 e. The number of aromatic nitrogens is 2. The van der Waals surface area contributed by atoms with Crippen LogP contribution in [0.25, 0.3) is 33.3 Å². The van der Waals surface area contributed by atoms with E-state index in [0.29, 0.717) is 39.9 Å². The van der Waals surface area contributed by atoms with Gasteiger partial charge in [-0.1, -0.05) is 35.9 Å². The first-order valence-corrected chi connectivity index (χ1v) is 15.3. The lowest BCUT2D eigenvalue weighted by molar-refractivity contribution is -0.111. The summed E-state index contributed by atoms with van der Waals surface area (Å²) in [6.07, 6.45) is 6.36. The van der Waals surface area contributed by atoms with Crippen molar-refractivity contribution >= 4 is 32.7 Å². The first kappa shape index (κ1) is 30.7. The van der Waals surface area contributed by atoms with Gasteiger partial charge in [-0.05, 0) is 75.5 Å². The van der Waals surface area contributed by atoms with Gasteiger partial charge in [0.1, 0.15) is 11.6 Å². The van der Waals surface area contributed by atoms with Crippen molar-refractivity contribution in [2.75, 3.05) is 33.1 Å². The van der Waals surface area contributed by atoms with E-state index in [1.807, 2.05) is 50.2 Å². The number of nitrogens with zero attached hydrogens (tertiary/aromatic N) is 3. The Morgan fingerprint density at radius 1 is 1.02 bits per heavy atom. The highest BCUT2D eigenvalue weighted by molar-refractivity contribution is 7.90. The van der Waals surface area contributed by atoms with E-state index in [-0.39, 0.29) is 22.2 Å². The van der Waals surface area contributed by atoms with Crippen molar-refractivity contribution in [3.63, 3.8) is 0 Å². The summed E-state index contributed by atoms with van der Waals surface area (Å²) in [7, 11) is 1.24. The van der Waals surface area contributed by atoms with Crippen LogP contribution in [0.3, 0.4) is 0 Å². The van der Waals surface area contributed by atoms with E-state index in [4.69, 9.17) is 4.74 Å². The minimum atomic E-state index is -4.04. The molecular formula is C34H33FN4O4S. The van der Waals surface area contributed by atoms with Gasteiger partial charge in [0, 0.05) is 58.8 Å². The van der Waals surface area contributed by atoms with E-state index in [2.05, 4.69) is 10.3 Å². The minimum Gasteiger partial charge on any atom is -0.496 e. The summed E-state index contributed by atoms with van der Waals surface area (Å²) < 4.78 is 48.9. The smallest absolute Gasteiger partial charge is 0.269 e. The third kappa shape index (κ3) is 6.27.